The molecule has 2 aromatic heterocycles. The van der Waals surface area contributed by atoms with E-state index in [-0.39, 0.29) is 23.7 Å². The number of ether oxygens (including phenoxy) is 1. The van der Waals surface area contributed by atoms with Gasteiger partial charge in [0.2, 0.25) is 0 Å². The lowest BCUT2D eigenvalue weighted by molar-refractivity contribution is 0.0602. The van der Waals surface area contributed by atoms with Crippen molar-refractivity contribution in [1.29, 1.82) is 0 Å². The first-order chi connectivity index (χ1) is 15.9. The van der Waals surface area contributed by atoms with Gasteiger partial charge in [-0.05, 0) is 44.7 Å². The van der Waals surface area contributed by atoms with Gasteiger partial charge in [0.25, 0.3) is 5.91 Å². The Hall–Kier alpha value is -3.20. The number of hydrogen-bond donors (Lipinski definition) is 1. The van der Waals surface area contributed by atoms with E-state index < -0.39 is 5.82 Å². The molecule has 2 fully saturated rings. The lowest BCUT2D eigenvalue weighted by atomic mass is 9.98. The molecule has 2 atom stereocenters. The van der Waals surface area contributed by atoms with Crippen LogP contribution < -0.4 is 15.4 Å². The van der Waals surface area contributed by atoms with Crippen LogP contribution in [0.15, 0.2) is 30.5 Å². The van der Waals surface area contributed by atoms with Crippen molar-refractivity contribution < 1.29 is 13.9 Å². The minimum Gasteiger partial charge on any atom is -0.496 e. The molecule has 8 nitrogen and oxygen atoms in total. The van der Waals surface area contributed by atoms with Crippen molar-refractivity contribution in [1.82, 2.24) is 19.5 Å². The molecule has 174 valence electrons. The molecule has 1 aromatic carbocycles. The first kappa shape index (κ1) is 21.6. The fourth-order valence-corrected chi connectivity index (χ4v) is 4.96. The van der Waals surface area contributed by atoms with Gasteiger partial charge in [0.05, 0.1) is 24.4 Å². The minimum atomic E-state index is -0.435. The summed E-state index contributed by atoms with van der Waals surface area (Å²) in [6.45, 7) is 4.34. The number of piperidine rings is 1. The van der Waals surface area contributed by atoms with Crippen LogP contribution in [0.3, 0.4) is 0 Å². The molecular formula is C24H29FN6O2. The van der Waals surface area contributed by atoms with Crippen molar-refractivity contribution in [3.05, 3.63) is 53.1 Å². The minimum absolute atomic E-state index is 0.174. The van der Waals surface area contributed by atoms with Crippen LogP contribution in [-0.4, -0.2) is 58.2 Å². The van der Waals surface area contributed by atoms with Crippen LogP contribution in [0.5, 0.6) is 5.75 Å². The van der Waals surface area contributed by atoms with Gasteiger partial charge in [-0.3, -0.25) is 4.79 Å². The van der Waals surface area contributed by atoms with Crippen LogP contribution >= 0.6 is 0 Å². The number of hydrogen-bond acceptors (Lipinski definition) is 6. The fraction of sp³-hybridized carbons (Fsp3) is 0.458. The first-order valence-electron chi connectivity index (χ1n) is 11.5. The number of likely N-dealkylation sites (tertiary alicyclic amines) is 1. The summed E-state index contributed by atoms with van der Waals surface area (Å²) in [5.74, 6) is 0.569. The molecule has 0 aliphatic carbocycles. The summed E-state index contributed by atoms with van der Waals surface area (Å²) in [6.07, 6.45) is 5.68. The quantitative estimate of drug-likeness (QED) is 0.654. The number of fused-ring (bicyclic) bond motifs is 1. The number of halogens is 1. The maximum Gasteiger partial charge on any atom is 0.258 e. The highest BCUT2D eigenvalue weighted by molar-refractivity contribution is 5.97. The molecule has 33 heavy (non-hydrogen) atoms. The van der Waals surface area contributed by atoms with E-state index in [1.54, 1.807) is 4.52 Å². The number of carbonyl (C=O) groups is 1. The SMILES string of the molecule is COc1cc(F)ccc1C(=O)N1CCCC[C@H]1c1cc2nc(N3CC[C@H](N)C3)c(C)cn2n1. The number of benzene rings is 1. The Morgan fingerprint density at radius 1 is 1.21 bits per heavy atom. The molecule has 2 N–H and O–H groups in total. The molecule has 0 spiro atoms. The number of nitrogens with two attached hydrogens (primary N) is 1. The van der Waals surface area contributed by atoms with Gasteiger partial charge >= 0.3 is 0 Å². The molecule has 2 aliphatic heterocycles. The van der Waals surface area contributed by atoms with E-state index in [0.29, 0.717) is 12.1 Å². The smallest absolute Gasteiger partial charge is 0.258 e. The van der Waals surface area contributed by atoms with E-state index in [0.717, 1.165) is 61.5 Å². The van der Waals surface area contributed by atoms with E-state index >= 15 is 0 Å². The van der Waals surface area contributed by atoms with Crippen LogP contribution in [0.2, 0.25) is 0 Å². The highest BCUT2D eigenvalue weighted by Crippen LogP contribution is 2.34. The molecule has 1 amide bonds. The van der Waals surface area contributed by atoms with Crippen LogP contribution in [0.1, 0.15) is 53.3 Å². The third-order valence-corrected chi connectivity index (χ3v) is 6.65. The molecule has 2 aliphatic rings. The lowest BCUT2D eigenvalue weighted by Crippen LogP contribution is -2.38. The van der Waals surface area contributed by atoms with Crippen molar-refractivity contribution in [3.8, 4) is 5.75 Å². The molecule has 3 aromatic rings. The molecule has 2 saturated heterocycles. The van der Waals surface area contributed by atoms with Crippen LogP contribution in [0.25, 0.3) is 5.65 Å². The Balaban J connectivity index is 1.48. The standard InChI is InChI=1S/C24H29FN6O2/c1-15-13-31-22(27-23(15)29-10-8-17(26)14-29)12-19(28-31)20-5-3-4-9-30(20)24(32)18-7-6-16(25)11-21(18)33-2/h6-7,11-13,17,20H,3-5,8-10,14,26H2,1-2H3/t17-,20-/m0/s1. The van der Waals surface area contributed by atoms with Gasteiger partial charge in [0.15, 0.2) is 5.65 Å². The van der Waals surface area contributed by atoms with Crippen LogP contribution in [0, 0.1) is 12.7 Å². The number of aromatic nitrogens is 3. The Bertz CT molecular complexity index is 1200. The van der Waals surface area contributed by atoms with Crippen molar-refractivity contribution in [2.24, 2.45) is 5.73 Å². The average molecular weight is 453 g/mol. The number of aryl methyl sites for hydroxylation is 1. The van der Waals surface area contributed by atoms with Crippen molar-refractivity contribution in [2.75, 3.05) is 31.6 Å². The third kappa shape index (κ3) is 4.01. The summed E-state index contributed by atoms with van der Waals surface area (Å²) in [6, 6.07) is 5.99. The van der Waals surface area contributed by atoms with Gasteiger partial charge in [-0.25, -0.2) is 13.9 Å². The zero-order valence-corrected chi connectivity index (χ0v) is 19.0. The van der Waals surface area contributed by atoms with Crippen LogP contribution in [-0.2, 0) is 0 Å². The Kier molecular flexibility index (Phi) is 5.65. The number of carbonyl (C=O) groups excluding carboxylic acids is 1. The topological polar surface area (TPSA) is 89.0 Å². The maximum absolute atomic E-state index is 13.7. The second kappa shape index (κ2) is 8.62. The average Bonchev–Trinajstić information content (AvgIpc) is 3.43. The molecule has 4 heterocycles. The van der Waals surface area contributed by atoms with Gasteiger partial charge in [-0.15, -0.1) is 0 Å². The molecule has 0 radical (unpaired) electrons. The van der Waals surface area contributed by atoms with Gasteiger partial charge in [0.1, 0.15) is 17.4 Å². The third-order valence-electron chi connectivity index (χ3n) is 6.65. The Labute approximate surface area is 192 Å². The summed E-state index contributed by atoms with van der Waals surface area (Å²) in [5, 5.41) is 4.79. The molecule has 0 saturated carbocycles. The number of amides is 1. The predicted octanol–water partition coefficient (Wildman–Crippen LogP) is 3.09. The van der Waals surface area contributed by atoms with Gasteiger partial charge in [0, 0.05) is 49.6 Å². The van der Waals surface area contributed by atoms with Gasteiger partial charge in [-0.1, -0.05) is 0 Å². The highest BCUT2D eigenvalue weighted by Gasteiger charge is 2.32. The Morgan fingerprint density at radius 3 is 2.82 bits per heavy atom. The zero-order chi connectivity index (χ0) is 23.1. The summed E-state index contributed by atoms with van der Waals surface area (Å²) in [5.41, 5.74) is 9.06. The number of anilines is 1. The van der Waals surface area contributed by atoms with Gasteiger partial charge < -0.3 is 20.3 Å². The molecule has 0 bridgehead atoms. The van der Waals surface area contributed by atoms with Crippen molar-refractivity contribution >= 4 is 17.4 Å². The number of rotatable bonds is 4. The van der Waals surface area contributed by atoms with E-state index in [1.165, 1.54) is 25.3 Å². The normalized spacial score (nSPS) is 21.1. The summed E-state index contributed by atoms with van der Waals surface area (Å²) in [7, 11) is 1.44. The Morgan fingerprint density at radius 2 is 2.06 bits per heavy atom. The van der Waals surface area contributed by atoms with Crippen molar-refractivity contribution in [3.63, 3.8) is 0 Å². The first-order valence-corrected chi connectivity index (χ1v) is 11.5. The number of methoxy groups -OCH3 is 1. The summed E-state index contributed by atoms with van der Waals surface area (Å²) >= 11 is 0. The molecule has 5 rings (SSSR count). The molecule has 0 unspecified atom stereocenters. The summed E-state index contributed by atoms with van der Waals surface area (Å²) in [4.78, 5) is 22.4. The monoisotopic (exact) mass is 452 g/mol. The van der Waals surface area contributed by atoms with E-state index in [2.05, 4.69) is 4.90 Å². The molecular weight excluding hydrogens is 423 g/mol. The number of nitrogens with zero attached hydrogens (tertiary/aromatic N) is 5. The largest absolute Gasteiger partial charge is 0.496 e. The van der Waals surface area contributed by atoms with E-state index in [1.807, 2.05) is 24.1 Å². The maximum atomic E-state index is 13.7. The second-order valence-corrected chi connectivity index (χ2v) is 8.97. The second-order valence-electron chi connectivity index (χ2n) is 8.97. The predicted molar refractivity (Wildman–Crippen MR) is 123 cm³/mol. The highest BCUT2D eigenvalue weighted by atomic mass is 19.1. The van der Waals surface area contributed by atoms with E-state index in [4.69, 9.17) is 20.6 Å². The fourth-order valence-electron chi connectivity index (χ4n) is 4.96. The summed E-state index contributed by atoms with van der Waals surface area (Å²) < 4.78 is 20.7. The van der Waals surface area contributed by atoms with E-state index in [9.17, 15) is 9.18 Å². The van der Waals surface area contributed by atoms with Crippen LogP contribution in [0.4, 0.5) is 10.2 Å². The lowest BCUT2D eigenvalue weighted by Gasteiger charge is -2.35. The zero-order valence-electron chi connectivity index (χ0n) is 19.0. The van der Waals surface area contributed by atoms with Crippen molar-refractivity contribution in [2.45, 2.75) is 44.7 Å². The molecule has 9 heteroatoms. The van der Waals surface area contributed by atoms with Gasteiger partial charge in [-0.2, -0.15) is 5.10 Å².